The van der Waals surface area contributed by atoms with Gasteiger partial charge < -0.3 is 15.4 Å². The molecule has 1 unspecified atom stereocenters. The Hall–Kier alpha value is -3.68. The molecule has 130 valence electrons. The standard InChI is InChI=1S/C18H16N6O2/c25-18(26)21-14(9-11-5-2-1-3-6-11)17-22-16(23-24-17)13-10-20-15-12(13)7-4-8-19-15/h1-8,10,14,21H,9H2,(H,19,20)(H,25,26)(H,22,23,24). The van der Waals surface area contributed by atoms with E-state index in [0.717, 1.165) is 22.2 Å². The van der Waals surface area contributed by atoms with Crippen LogP contribution in [0.25, 0.3) is 22.4 Å². The van der Waals surface area contributed by atoms with E-state index in [0.29, 0.717) is 18.1 Å². The molecule has 0 fully saturated rings. The van der Waals surface area contributed by atoms with Gasteiger partial charge in [-0.25, -0.2) is 14.8 Å². The minimum Gasteiger partial charge on any atom is -0.465 e. The molecular weight excluding hydrogens is 332 g/mol. The lowest BCUT2D eigenvalue weighted by molar-refractivity contribution is 0.189. The quantitative estimate of drug-likeness (QED) is 0.442. The summed E-state index contributed by atoms with van der Waals surface area (Å²) in [5.74, 6) is 0.953. The predicted molar refractivity (Wildman–Crippen MR) is 95.5 cm³/mol. The lowest BCUT2D eigenvalue weighted by Gasteiger charge is -2.14. The first-order chi connectivity index (χ1) is 12.7. The molecule has 0 aliphatic heterocycles. The molecular formula is C18H16N6O2. The highest BCUT2D eigenvalue weighted by Crippen LogP contribution is 2.26. The first-order valence-electron chi connectivity index (χ1n) is 8.09. The summed E-state index contributed by atoms with van der Waals surface area (Å²) in [4.78, 5) is 23.0. The number of benzene rings is 1. The Bertz CT molecular complexity index is 1040. The van der Waals surface area contributed by atoms with Crippen molar-refractivity contribution in [2.75, 3.05) is 0 Å². The average molecular weight is 348 g/mol. The van der Waals surface area contributed by atoms with Crippen molar-refractivity contribution in [2.45, 2.75) is 12.5 Å². The monoisotopic (exact) mass is 348 g/mol. The molecule has 4 aromatic rings. The number of carboxylic acid groups (broad SMARTS) is 1. The number of H-pyrrole nitrogens is 2. The van der Waals surface area contributed by atoms with E-state index in [1.54, 1.807) is 12.4 Å². The molecule has 4 rings (SSSR count). The second-order valence-corrected chi connectivity index (χ2v) is 5.84. The van der Waals surface area contributed by atoms with Crippen molar-refractivity contribution >= 4 is 17.1 Å². The number of carbonyl (C=O) groups is 1. The lowest BCUT2D eigenvalue weighted by Crippen LogP contribution is -2.29. The lowest BCUT2D eigenvalue weighted by atomic mass is 10.1. The van der Waals surface area contributed by atoms with Crippen LogP contribution in [0.15, 0.2) is 54.9 Å². The molecule has 0 aliphatic rings. The largest absolute Gasteiger partial charge is 0.465 e. The molecule has 8 nitrogen and oxygen atoms in total. The molecule has 0 spiro atoms. The van der Waals surface area contributed by atoms with Gasteiger partial charge in [-0.3, -0.25) is 5.10 Å². The van der Waals surface area contributed by atoms with Gasteiger partial charge in [-0.05, 0) is 17.7 Å². The number of aromatic amines is 2. The molecule has 0 aliphatic carbocycles. The van der Waals surface area contributed by atoms with Crippen molar-refractivity contribution in [2.24, 2.45) is 0 Å². The van der Waals surface area contributed by atoms with E-state index in [4.69, 9.17) is 5.11 Å². The smallest absolute Gasteiger partial charge is 0.405 e. The average Bonchev–Trinajstić information content (AvgIpc) is 3.28. The third-order valence-electron chi connectivity index (χ3n) is 4.11. The van der Waals surface area contributed by atoms with Crippen molar-refractivity contribution in [3.8, 4) is 11.4 Å². The summed E-state index contributed by atoms with van der Waals surface area (Å²) >= 11 is 0. The zero-order valence-electron chi connectivity index (χ0n) is 13.7. The fraction of sp³-hybridized carbons (Fsp3) is 0.111. The van der Waals surface area contributed by atoms with Crippen molar-refractivity contribution in [3.63, 3.8) is 0 Å². The summed E-state index contributed by atoms with van der Waals surface area (Å²) in [6.07, 6.45) is 2.86. The number of hydrogen-bond acceptors (Lipinski definition) is 4. The second kappa shape index (κ2) is 6.67. The molecule has 0 radical (unpaired) electrons. The SMILES string of the molecule is O=C(O)NC(Cc1ccccc1)c1nc(-c2c[nH]c3ncccc23)n[nH]1. The fourth-order valence-electron chi connectivity index (χ4n) is 2.91. The Labute approximate surface area is 148 Å². The summed E-state index contributed by atoms with van der Waals surface area (Å²) in [5.41, 5.74) is 2.56. The van der Waals surface area contributed by atoms with Crippen LogP contribution in [-0.2, 0) is 6.42 Å². The van der Waals surface area contributed by atoms with E-state index in [1.807, 2.05) is 42.5 Å². The number of rotatable bonds is 5. The number of nitrogens with zero attached hydrogens (tertiary/aromatic N) is 3. The van der Waals surface area contributed by atoms with Gasteiger partial charge in [-0.15, -0.1) is 0 Å². The van der Waals surface area contributed by atoms with Crippen LogP contribution in [-0.4, -0.2) is 36.3 Å². The maximum atomic E-state index is 11.2. The van der Waals surface area contributed by atoms with Crippen LogP contribution in [0.2, 0.25) is 0 Å². The van der Waals surface area contributed by atoms with Gasteiger partial charge in [0.25, 0.3) is 0 Å². The van der Waals surface area contributed by atoms with E-state index >= 15 is 0 Å². The first-order valence-corrected chi connectivity index (χ1v) is 8.09. The third-order valence-corrected chi connectivity index (χ3v) is 4.11. The van der Waals surface area contributed by atoms with E-state index < -0.39 is 12.1 Å². The number of amides is 1. The zero-order valence-corrected chi connectivity index (χ0v) is 13.7. The Balaban J connectivity index is 1.66. The predicted octanol–water partition coefficient (Wildman–Crippen LogP) is 2.90. The van der Waals surface area contributed by atoms with Crippen molar-refractivity contribution in [1.29, 1.82) is 0 Å². The van der Waals surface area contributed by atoms with E-state index in [2.05, 4.69) is 30.5 Å². The number of fused-ring (bicyclic) bond motifs is 1. The molecule has 1 atom stereocenters. The summed E-state index contributed by atoms with van der Waals surface area (Å²) in [5, 5.41) is 19.7. The Morgan fingerprint density at radius 3 is 2.85 bits per heavy atom. The Kier molecular flexibility index (Phi) is 4.06. The van der Waals surface area contributed by atoms with Gasteiger partial charge in [-0.2, -0.15) is 5.10 Å². The molecule has 1 amide bonds. The number of aromatic nitrogens is 5. The van der Waals surface area contributed by atoms with Crippen molar-refractivity contribution in [3.05, 3.63) is 66.2 Å². The summed E-state index contributed by atoms with van der Waals surface area (Å²) in [7, 11) is 0. The molecule has 0 saturated heterocycles. The van der Waals surface area contributed by atoms with Gasteiger partial charge in [0.2, 0.25) is 0 Å². The fourth-order valence-corrected chi connectivity index (χ4v) is 2.91. The van der Waals surface area contributed by atoms with Crippen LogP contribution in [0.5, 0.6) is 0 Å². The van der Waals surface area contributed by atoms with Gasteiger partial charge in [-0.1, -0.05) is 30.3 Å². The molecule has 3 aromatic heterocycles. The Morgan fingerprint density at radius 1 is 1.19 bits per heavy atom. The normalized spacial score (nSPS) is 12.2. The highest BCUT2D eigenvalue weighted by molar-refractivity contribution is 5.91. The highest BCUT2D eigenvalue weighted by Gasteiger charge is 2.20. The van der Waals surface area contributed by atoms with Gasteiger partial charge in [0, 0.05) is 29.8 Å². The number of nitrogens with one attached hydrogen (secondary N) is 3. The van der Waals surface area contributed by atoms with Gasteiger partial charge >= 0.3 is 6.09 Å². The Morgan fingerprint density at radius 2 is 2.04 bits per heavy atom. The van der Waals surface area contributed by atoms with Gasteiger partial charge in [0.15, 0.2) is 5.82 Å². The van der Waals surface area contributed by atoms with E-state index in [1.165, 1.54) is 0 Å². The number of hydrogen-bond donors (Lipinski definition) is 4. The van der Waals surface area contributed by atoms with E-state index in [-0.39, 0.29) is 0 Å². The molecule has 26 heavy (non-hydrogen) atoms. The van der Waals surface area contributed by atoms with Crippen LogP contribution in [0, 0.1) is 0 Å². The van der Waals surface area contributed by atoms with Crippen LogP contribution in [0.1, 0.15) is 17.4 Å². The third kappa shape index (κ3) is 3.12. The number of pyridine rings is 1. The summed E-state index contributed by atoms with van der Waals surface area (Å²) in [6.45, 7) is 0. The molecule has 8 heteroatoms. The van der Waals surface area contributed by atoms with Crippen molar-refractivity contribution in [1.82, 2.24) is 30.5 Å². The maximum absolute atomic E-state index is 11.2. The molecule has 1 aromatic carbocycles. The molecule has 0 saturated carbocycles. The van der Waals surface area contributed by atoms with Gasteiger partial charge in [0.05, 0.1) is 6.04 Å². The minimum atomic E-state index is -1.11. The highest BCUT2D eigenvalue weighted by atomic mass is 16.4. The molecule has 0 bridgehead atoms. The van der Waals surface area contributed by atoms with Gasteiger partial charge in [0.1, 0.15) is 11.5 Å². The van der Waals surface area contributed by atoms with Crippen LogP contribution < -0.4 is 5.32 Å². The van der Waals surface area contributed by atoms with Crippen LogP contribution in [0.4, 0.5) is 4.79 Å². The van der Waals surface area contributed by atoms with Crippen molar-refractivity contribution < 1.29 is 9.90 Å². The van der Waals surface area contributed by atoms with Crippen LogP contribution >= 0.6 is 0 Å². The second-order valence-electron chi connectivity index (χ2n) is 5.84. The maximum Gasteiger partial charge on any atom is 0.405 e. The minimum absolute atomic E-state index is 0.462. The molecule has 4 N–H and O–H groups in total. The topological polar surface area (TPSA) is 120 Å². The first kappa shape index (κ1) is 15.8. The zero-order chi connectivity index (χ0) is 17.9. The summed E-state index contributed by atoms with van der Waals surface area (Å²) < 4.78 is 0. The van der Waals surface area contributed by atoms with E-state index in [9.17, 15) is 4.79 Å². The van der Waals surface area contributed by atoms with Crippen LogP contribution in [0.3, 0.4) is 0 Å². The molecule has 3 heterocycles. The summed E-state index contributed by atoms with van der Waals surface area (Å²) in [6, 6.07) is 12.9.